The quantitative estimate of drug-likeness (QED) is 0.927. The van der Waals surface area contributed by atoms with E-state index in [0.29, 0.717) is 0 Å². The minimum atomic E-state index is -0.0994. The molecule has 1 amide bonds. The van der Waals surface area contributed by atoms with Gasteiger partial charge in [0.1, 0.15) is 0 Å². The highest BCUT2D eigenvalue weighted by Crippen LogP contribution is 2.33. The van der Waals surface area contributed by atoms with Crippen LogP contribution in [-0.2, 0) is 16.1 Å². The maximum absolute atomic E-state index is 12.6. The molecule has 124 valence electrons. The van der Waals surface area contributed by atoms with Crippen LogP contribution in [0.3, 0.4) is 0 Å². The van der Waals surface area contributed by atoms with Gasteiger partial charge in [-0.15, -0.1) is 0 Å². The van der Waals surface area contributed by atoms with E-state index >= 15 is 0 Å². The Bertz CT molecular complexity index is 695. The second kappa shape index (κ2) is 6.67. The molecule has 2 aliphatic heterocycles. The highest BCUT2D eigenvalue weighted by atomic mass is 16.5. The van der Waals surface area contributed by atoms with Crippen molar-refractivity contribution in [1.29, 1.82) is 0 Å². The number of pyridine rings is 2. The first kappa shape index (κ1) is 15.2. The van der Waals surface area contributed by atoms with Crippen LogP contribution in [0.4, 0.5) is 5.69 Å². The summed E-state index contributed by atoms with van der Waals surface area (Å²) in [6, 6.07) is 7.73. The van der Waals surface area contributed by atoms with Gasteiger partial charge in [0, 0.05) is 38.2 Å². The molecule has 6 heteroatoms. The van der Waals surface area contributed by atoms with Gasteiger partial charge in [-0.1, -0.05) is 0 Å². The van der Waals surface area contributed by atoms with E-state index in [1.165, 1.54) is 5.56 Å². The number of hydrogen-bond acceptors (Lipinski definition) is 5. The zero-order valence-corrected chi connectivity index (χ0v) is 13.3. The van der Waals surface area contributed by atoms with Gasteiger partial charge in [-0.3, -0.25) is 19.7 Å². The number of carbonyl (C=O) groups is 1. The third-order valence-electron chi connectivity index (χ3n) is 4.65. The Hall–Kier alpha value is -2.31. The Morgan fingerprint density at radius 2 is 2.08 bits per heavy atom. The van der Waals surface area contributed by atoms with Crippen LogP contribution in [0.25, 0.3) is 0 Å². The highest BCUT2D eigenvalue weighted by Gasteiger charge is 2.44. The molecule has 2 aromatic heterocycles. The third-order valence-corrected chi connectivity index (χ3v) is 4.65. The molecule has 4 heterocycles. The topological polar surface area (TPSA) is 67.4 Å². The zero-order valence-electron chi connectivity index (χ0n) is 13.3. The SMILES string of the molecule is O=C(Nc1cccnc1)[C@@H]1C[C@H]2CN(Cc3ccncc3)C[C@H]1O2. The number of morpholine rings is 1. The van der Waals surface area contributed by atoms with Crippen molar-refractivity contribution in [2.24, 2.45) is 5.92 Å². The van der Waals surface area contributed by atoms with E-state index in [9.17, 15) is 4.79 Å². The molecule has 24 heavy (non-hydrogen) atoms. The summed E-state index contributed by atoms with van der Waals surface area (Å²) in [5.74, 6) is -0.0705. The van der Waals surface area contributed by atoms with Gasteiger partial charge in [0.25, 0.3) is 0 Å². The Morgan fingerprint density at radius 1 is 1.21 bits per heavy atom. The average Bonchev–Trinajstić information content (AvgIpc) is 2.91. The molecule has 2 aliphatic rings. The number of ether oxygens (including phenoxy) is 1. The van der Waals surface area contributed by atoms with Crippen molar-refractivity contribution < 1.29 is 9.53 Å². The second-order valence-corrected chi connectivity index (χ2v) is 6.42. The fraction of sp³-hybridized carbons (Fsp3) is 0.389. The largest absolute Gasteiger partial charge is 0.371 e. The van der Waals surface area contributed by atoms with E-state index in [0.717, 1.165) is 31.7 Å². The molecule has 2 saturated heterocycles. The van der Waals surface area contributed by atoms with Crippen molar-refractivity contribution in [3.05, 3.63) is 54.6 Å². The number of fused-ring (bicyclic) bond motifs is 2. The molecule has 2 fully saturated rings. The summed E-state index contributed by atoms with van der Waals surface area (Å²) >= 11 is 0. The van der Waals surface area contributed by atoms with Crippen molar-refractivity contribution in [3.8, 4) is 0 Å². The third kappa shape index (κ3) is 3.29. The minimum Gasteiger partial charge on any atom is -0.371 e. The highest BCUT2D eigenvalue weighted by molar-refractivity contribution is 5.93. The number of hydrogen-bond donors (Lipinski definition) is 1. The monoisotopic (exact) mass is 324 g/mol. The van der Waals surface area contributed by atoms with Gasteiger partial charge in [-0.05, 0) is 36.2 Å². The first-order valence-electron chi connectivity index (χ1n) is 8.25. The minimum absolute atomic E-state index is 0.0289. The zero-order chi connectivity index (χ0) is 16.4. The van der Waals surface area contributed by atoms with Gasteiger partial charge in [0.2, 0.25) is 5.91 Å². The lowest BCUT2D eigenvalue weighted by atomic mass is 9.99. The van der Waals surface area contributed by atoms with Crippen LogP contribution in [0.1, 0.15) is 12.0 Å². The summed E-state index contributed by atoms with van der Waals surface area (Å²) in [6.45, 7) is 2.52. The number of nitrogens with zero attached hydrogens (tertiary/aromatic N) is 3. The van der Waals surface area contributed by atoms with Crippen molar-refractivity contribution in [1.82, 2.24) is 14.9 Å². The van der Waals surface area contributed by atoms with Crippen LogP contribution < -0.4 is 5.32 Å². The maximum atomic E-state index is 12.6. The first-order chi connectivity index (χ1) is 11.8. The van der Waals surface area contributed by atoms with Crippen molar-refractivity contribution in [2.75, 3.05) is 18.4 Å². The number of amides is 1. The summed E-state index contributed by atoms with van der Waals surface area (Å²) in [5, 5.41) is 2.95. The van der Waals surface area contributed by atoms with Gasteiger partial charge in [-0.2, -0.15) is 0 Å². The number of carbonyl (C=O) groups excluding carboxylic acids is 1. The predicted molar refractivity (Wildman–Crippen MR) is 89.1 cm³/mol. The summed E-state index contributed by atoms with van der Waals surface area (Å²) in [4.78, 5) is 23.0. The summed E-state index contributed by atoms with van der Waals surface area (Å²) < 4.78 is 6.01. The Morgan fingerprint density at radius 3 is 2.88 bits per heavy atom. The van der Waals surface area contributed by atoms with E-state index in [4.69, 9.17) is 4.74 Å². The molecule has 2 aromatic rings. The van der Waals surface area contributed by atoms with Gasteiger partial charge >= 0.3 is 0 Å². The lowest BCUT2D eigenvalue weighted by molar-refractivity contribution is -0.123. The van der Waals surface area contributed by atoms with Crippen molar-refractivity contribution in [2.45, 2.75) is 25.2 Å². The van der Waals surface area contributed by atoms with Gasteiger partial charge in [-0.25, -0.2) is 0 Å². The second-order valence-electron chi connectivity index (χ2n) is 6.42. The number of rotatable bonds is 4. The lowest BCUT2D eigenvalue weighted by Crippen LogP contribution is -2.44. The van der Waals surface area contributed by atoms with Crippen LogP contribution in [0, 0.1) is 5.92 Å². The number of aromatic nitrogens is 2. The van der Waals surface area contributed by atoms with Gasteiger partial charge in [0.05, 0.1) is 30.0 Å². The van der Waals surface area contributed by atoms with E-state index < -0.39 is 0 Å². The smallest absolute Gasteiger partial charge is 0.230 e. The number of nitrogens with one attached hydrogen (secondary N) is 1. The molecule has 0 radical (unpaired) electrons. The van der Waals surface area contributed by atoms with E-state index in [1.54, 1.807) is 12.4 Å². The molecule has 0 saturated carbocycles. The first-order valence-corrected chi connectivity index (χ1v) is 8.25. The van der Waals surface area contributed by atoms with Gasteiger partial charge in [0.15, 0.2) is 0 Å². The Kier molecular flexibility index (Phi) is 4.23. The fourth-order valence-corrected chi connectivity index (χ4v) is 3.56. The van der Waals surface area contributed by atoms with E-state index in [1.807, 2.05) is 36.7 Å². The summed E-state index contributed by atoms with van der Waals surface area (Å²) in [5.41, 5.74) is 1.97. The normalized spacial score (nSPS) is 26.2. The molecular weight excluding hydrogens is 304 g/mol. The van der Waals surface area contributed by atoms with E-state index in [2.05, 4.69) is 20.2 Å². The van der Waals surface area contributed by atoms with E-state index in [-0.39, 0.29) is 24.0 Å². The average molecular weight is 324 g/mol. The van der Waals surface area contributed by atoms with Crippen LogP contribution in [-0.4, -0.2) is 46.1 Å². The molecule has 4 rings (SSSR count). The summed E-state index contributed by atoms with van der Waals surface area (Å²) in [7, 11) is 0. The van der Waals surface area contributed by atoms with Crippen LogP contribution >= 0.6 is 0 Å². The van der Waals surface area contributed by atoms with Crippen LogP contribution in [0.15, 0.2) is 49.1 Å². The lowest BCUT2D eigenvalue weighted by Gasteiger charge is -2.32. The molecule has 0 aliphatic carbocycles. The van der Waals surface area contributed by atoms with Gasteiger partial charge < -0.3 is 10.1 Å². The Balaban J connectivity index is 1.39. The molecule has 3 atom stereocenters. The molecule has 1 N–H and O–H groups in total. The molecule has 0 spiro atoms. The predicted octanol–water partition coefficient (Wildman–Crippen LogP) is 1.70. The van der Waals surface area contributed by atoms with Crippen molar-refractivity contribution in [3.63, 3.8) is 0 Å². The van der Waals surface area contributed by atoms with Crippen molar-refractivity contribution >= 4 is 11.6 Å². The molecule has 6 nitrogen and oxygen atoms in total. The number of anilines is 1. The maximum Gasteiger partial charge on any atom is 0.230 e. The number of likely N-dealkylation sites (tertiary alicyclic amines) is 1. The molecule has 0 aromatic carbocycles. The van der Waals surface area contributed by atoms with Crippen LogP contribution in [0.2, 0.25) is 0 Å². The van der Waals surface area contributed by atoms with Crippen LogP contribution in [0.5, 0.6) is 0 Å². The molecular formula is C18H20N4O2. The molecule has 0 unspecified atom stereocenters. The fourth-order valence-electron chi connectivity index (χ4n) is 3.56. The summed E-state index contributed by atoms with van der Waals surface area (Å²) in [6.07, 6.45) is 7.86. The standard InChI is InChI=1S/C18H20N4O2/c23-18(21-14-2-1-5-20-9-14)16-8-15-11-22(12-17(16)24-15)10-13-3-6-19-7-4-13/h1-7,9,15-17H,8,10-12H2,(H,21,23)/t15-,16+,17+/m0/s1. The Labute approximate surface area is 140 Å². The molecule has 2 bridgehead atoms.